The molecule has 1 aliphatic rings. The summed E-state index contributed by atoms with van der Waals surface area (Å²) in [6, 6.07) is 2.14. The maximum Gasteiger partial charge on any atom is 0.0910 e. The van der Waals surface area contributed by atoms with E-state index in [1.165, 1.54) is 34.6 Å². The van der Waals surface area contributed by atoms with Gasteiger partial charge in [-0.1, -0.05) is 6.42 Å². The van der Waals surface area contributed by atoms with Crippen molar-refractivity contribution in [1.82, 2.24) is 0 Å². The van der Waals surface area contributed by atoms with Crippen LogP contribution >= 0.6 is 11.3 Å². The van der Waals surface area contributed by atoms with E-state index in [9.17, 15) is 5.11 Å². The van der Waals surface area contributed by atoms with Gasteiger partial charge < -0.3 is 5.11 Å². The van der Waals surface area contributed by atoms with Crippen molar-refractivity contribution in [1.29, 1.82) is 0 Å². The van der Waals surface area contributed by atoms with Crippen LogP contribution in [0.4, 0.5) is 0 Å². The second-order valence-corrected chi connectivity index (χ2v) is 5.31. The lowest BCUT2D eigenvalue weighted by molar-refractivity contribution is 0.0649. The van der Waals surface area contributed by atoms with Gasteiger partial charge in [0.05, 0.1) is 6.10 Å². The van der Waals surface area contributed by atoms with Crippen molar-refractivity contribution in [3.8, 4) is 0 Å². The van der Waals surface area contributed by atoms with Gasteiger partial charge in [0.25, 0.3) is 0 Å². The fraction of sp³-hybridized carbons (Fsp3) is 0.636. The van der Waals surface area contributed by atoms with Gasteiger partial charge in [-0.15, -0.1) is 11.3 Å². The number of aliphatic hydroxyl groups is 1. The largest absolute Gasteiger partial charge is 0.387 e. The van der Waals surface area contributed by atoms with Gasteiger partial charge in [-0.3, -0.25) is 0 Å². The number of hydrogen-bond donors (Lipinski definition) is 1. The Morgan fingerprint density at radius 3 is 2.54 bits per heavy atom. The van der Waals surface area contributed by atoms with Gasteiger partial charge in [-0.05, 0) is 44.2 Å². The minimum atomic E-state index is -0.189. The van der Waals surface area contributed by atoms with Crippen molar-refractivity contribution in [3.63, 3.8) is 0 Å². The summed E-state index contributed by atoms with van der Waals surface area (Å²) in [5.41, 5.74) is 1.32. The minimum absolute atomic E-state index is 0.189. The molecule has 0 aromatic carbocycles. The van der Waals surface area contributed by atoms with E-state index in [1.807, 2.05) is 0 Å². The molecule has 1 heterocycles. The Kier molecular flexibility index (Phi) is 2.43. The Hall–Kier alpha value is -0.340. The summed E-state index contributed by atoms with van der Waals surface area (Å²) in [6.07, 6.45) is 3.52. The summed E-state index contributed by atoms with van der Waals surface area (Å²) >= 11 is 1.75. The SMILES string of the molecule is Cc1cc(C(O)C2CCC2)sc1C. The molecule has 2 rings (SSSR count). The van der Waals surface area contributed by atoms with Crippen LogP contribution < -0.4 is 0 Å². The van der Waals surface area contributed by atoms with Crippen molar-refractivity contribution < 1.29 is 5.11 Å². The van der Waals surface area contributed by atoms with Gasteiger partial charge in [-0.2, -0.15) is 0 Å². The summed E-state index contributed by atoms with van der Waals surface area (Å²) in [4.78, 5) is 2.51. The highest BCUT2D eigenvalue weighted by atomic mass is 32.1. The number of aliphatic hydroxyl groups excluding tert-OH is 1. The predicted octanol–water partition coefficient (Wildman–Crippen LogP) is 3.20. The molecule has 1 nitrogen and oxygen atoms in total. The van der Waals surface area contributed by atoms with Crippen molar-refractivity contribution in [2.24, 2.45) is 5.92 Å². The quantitative estimate of drug-likeness (QED) is 0.770. The number of thiophene rings is 1. The first-order chi connectivity index (χ1) is 6.18. The summed E-state index contributed by atoms with van der Waals surface area (Å²) < 4.78 is 0. The van der Waals surface area contributed by atoms with E-state index < -0.39 is 0 Å². The molecule has 0 bridgehead atoms. The van der Waals surface area contributed by atoms with E-state index in [0.717, 1.165) is 0 Å². The normalized spacial score (nSPS) is 19.9. The molecule has 1 aromatic heterocycles. The average molecular weight is 196 g/mol. The molecule has 1 unspecified atom stereocenters. The lowest BCUT2D eigenvalue weighted by Gasteiger charge is -2.29. The van der Waals surface area contributed by atoms with Crippen LogP contribution in [-0.2, 0) is 0 Å². The molecule has 1 saturated carbocycles. The molecular formula is C11H16OS. The van der Waals surface area contributed by atoms with Crippen LogP contribution in [0, 0.1) is 19.8 Å². The third kappa shape index (κ3) is 1.65. The Bertz CT molecular complexity index is 280. The molecule has 1 aliphatic carbocycles. The molecule has 0 radical (unpaired) electrons. The molecule has 1 aromatic rings. The van der Waals surface area contributed by atoms with Crippen LogP contribution in [0.5, 0.6) is 0 Å². The molecule has 72 valence electrons. The first kappa shape index (κ1) is 9.22. The topological polar surface area (TPSA) is 20.2 Å². The van der Waals surface area contributed by atoms with Gasteiger partial charge in [-0.25, -0.2) is 0 Å². The Balaban J connectivity index is 2.14. The van der Waals surface area contributed by atoms with E-state index in [1.54, 1.807) is 11.3 Å². The fourth-order valence-electron chi connectivity index (χ4n) is 1.74. The van der Waals surface area contributed by atoms with E-state index in [2.05, 4.69) is 19.9 Å². The van der Waals surface area contributed by atoms with E-state index in [-0.39, 0.29) is 6.10 Å². The van der Waals surface area contributed by atoms with Crippen molar-refractivity contribution >= 4 is 11.3 Å². The van der Waals surface area contributed by atoms with Crippen molar-refractivity contribution in [3.05, 3.63) is 21.4 Å². The summed E-state index contributed by atoms with van der Waals surface area (Å²) in [6.45, 7) is 4.24. The molecule has 1 N–H and O–H groups in total. The summed E-state index contributed by atoms with van der Waals surface area (Å²) in [7, 11) is 0. The third-order valence-corrected chi connectivity index (χ3v) is 4.30. The smallest absolute Gasteiger partial charge is 0.0910 e. The predicted molar refractivity (Wildman–Crippen MR) is 56.1 cm³/mol. The summed E-state index contributed by atoms with van der Waals surface area (Å²) in [5.74, 6) is 0.539. The van der Waals surface area contributed by atoms with Crippen molar-refractivity contribution in [2.75, 3.05) is 0 Å². The highest BCUT2D eigenvalue weighted by Gasteiger charge is 2.27. The second-order valence-electron chi connectivity index (χ2n) is 4.02. The zero-order valence-electron chi connectivity index (χ0n) is 8.21. The van der Waals surface area contributed by atoms with Gasteiger partial charge in [0.1, 0.15) is 0 Å². The summed E-state index contributed by atoms with van der Waals surface area (Å²) in [5, 5.41) is 9.99. The highest BCUT2D eigenvalue weighted by Crippen LogP contribution is 2.40. The molecule has 1 atom stereocenters. The van der Waals surface area contributed by atoms with Crippen LogP contribution in [0.2, 0.25) is 0 Å². The first-order valence-corrected chi connectivity index (χ1v) is 5.75. The van der Waals surface area contributed by atoms with Crippen LogP contribution in [-0.4, -0.2) is 5.11 Å². The van der Waals surface area contributed by atoms with Gasteiger partial charge in [0.2, 0.25) is 0 Å². The Labute approximate surface area is 83.4 Å². The Morgan fingerprint density at radius 2 is 2.15 bits per heavy atom. The maximum absolute atomic E-state index is 9.99. The van der Waals surface area contributed by atoms with Gasteiger partial charge in [0.15, 0.2) is 0 Å². The van der Waals surface area contributed by atoms with Crippen LogP contribution in [0.15, 0.2) is 6.07 Å². The molecular weight excluding hydrogens is 180 g/mol. The van der Waals surface area contributed by atoms with Crippen LogP contribution in [0.25, 0.3) is 0 Å². The monoisotopic (exact) mass is 196 g/mol. The van der Waals surface area contributed by atoms with Crippen LogP contribution in [0.3, 0.4) is 0 Å². The van der Waals surface area contributed by atoms with E-state index in [4.69, 9.17) is 0 Å². The number of rotatable bonds is 2. The fourth-order valence-corrected chi connectivity index (χ4v) is 2.86. The Morgan fingerprint density at radius 1 is 1.46 bits per heavy atom. The maximum atomic E-state index is 9.99. The zero-order valence-corrected chi connectivity index (χ0v) is 9.03. The van der Waals surface area contributed by atoms with E-state index >= 15 is 0 Å². The van der Waals surface area contributed by atoms with Crippen LogP contribution in [0.1, 0.15) is 40.7 Å². The molecule has 0 aliphatic heterocycles. The molecule has 2 heteroatoms. The molecule has 0 saturated heterocycles. The molecule has 0 amide bonds. The van der Waals surface area contributed by atoms with Gasteiger partial charge in [0, 0.05) is 9.75 Å². The first-order valence-electron chi connectivity index (χ1n) is 4.93. The molecule has 1 fully saturated rings. The lowest BCUT2D eigenvalue weighted by atomic mass is 9.80. The number of hydrogen-bond acceptors (Lipinski definition) is 2. The molecule has 0 spiro atoms. The minimum Gasteiger partial charge on any atom is -0.387 e. The van der Waals surface area contributed by atoms with Crippen molar-refractivity contribution in [2.45, 2.75) is 39.2 Å². The lowest BCUT2D eigenvalue weighted by Crippen LogP contribution is -2.19. The highest BCUT2D eigenvalue weighted by molar-refractivity contribution is 7.12. The zero-order chi connectivity index (χ0) is 9.42. The van der Waals surface area contributed by atoms with E-state index in [0.29, 0.717) is 5.92 Å². The third-order valence-electron chi connectivity index (χ3n) is 3.07. The standard InChI is InChI=1S/C11H16OS/c1-7-6-10(13-8(7)2)11(12)9-4-3-5-9/h6,9,11-12H,3-5H2,1-2H3. The second kappa shape index (κ2) is 3.43. The number of aryl methyl sites for hydroxylation is 2. The average Bonchev–Trinajstić information content (AvgIpc) is 2.28. The molecule has 13 heavy (non-hydrogen) atoms. The van der Waals surface area contributed by atoms with Gasteiger partial charge >= 0.3 is 0 Å².